The molecule has 84 valence electrons. The minimum absolute atomic E-state index is 0.0723. The molecule has 5 heteroatoms. The summed E-state index contributed by atoms with van der Waals surface area (Å²) in [5.74, 6) is -2.08. The van der Waals surface area contributed by atoms with E-state index in [2.05, 4.69) is 0 Å². The van der Waals surface area contributed by atoms with Gasteiger partial charge in [-0.25, -0.2) is 8.78 Å². The van der Waals surface area contributed by atoms with E-state index in [9.17, 15) is 8.78 Å². The number of ether oxygens (including phenoxy) is 1. The molecule has 15 heavy (non-hydrogen) atoms. The zero-order valence-corrected chi connectivity index (χ0v) is 9.45. The van der Waals surface area contributed by atoms with Crippen LogP contribution >= 0.6 is 11.6 Å². The van der Waals surface area contributed by atoms with Gasteiger partial charge in [-0.05, 0) is 19.9 Å². The van der Waals surface area contributed by atoms with Gasteiger partial charge in [0.15, 0.2) is 11.6 Å². The lowest BCUT2D eigenvalue weighted by Crippen LogP contribution is -2.29. The number of benzene rings is 1. The molecule has 0 bridgehead atoms. The highest BCUT2D eigenvalue weighted by molar-refractivity contribution is 6.32. The summed E-state index contributed by atoms with van der Waals surface area (Å²) in [6, 6.07) is 1.00. The Morgan fingerprint density at radius 3 is 2.33 bits per heavy atom. The maximum Gasteiger partial charge on any atom is 0.181 e. The lowest BCUT2D eigenvalue weighted by molar-refractivity contribution is 0.385. The molecular formula is C10H12ClF2NO. The molecule has 1 aromatic rings. The van der Waals surface area contributed by atoms with Crippen molar-refractivity contribution in [1.82, 2.24) is 0 Å². The molecule has 1 rings (SSSR count). The topological polar surface area (TPSA) is 35.2 Å². The predicted octanol–water partition coefficient (Wildman–Crippen LogP) is 2.82. The van der Waals surface area contributed by atoms with E-state index in [1.54, 1.807) is 13.8 Å². The van der Waals surface area contributed by atoms with Crippen LogP contribution in [0.4, 0.5) is 8.78 Å². The highest BCUT2D eigenvalue weighted by atomic mass is 35.5. The molecule has 1 aromatic carbocycles. The summed E-state index contributed by atoms with van der Waals surface area (Å²) in [6.07, 6.45) is 0. The second-order valence-electron chi connectivity index (χ2n) is 3.79. The van der Waals surface area contributed by atoms with Crippen LogP contribution in [-0.4, -0.2) is 7.11 Å². The normalized spacial score (nSPS) is 11.7. The molecule has 0 aliphatic heterocycles. The van der Waals surface area contributed by atoms with E-state index in [0.717, 1.165) is 6.07 Å². The van der Waals surface area contributed by atoms with Crippen LogP contribution in [0.2, 0.25) is 5.02 Å². The monoisotopic (exact) mass is 235 g/mol. The summed E-state index contributed by atoms with van der Waals surface area (Å²) in [5.41, 5.74) is 5.26. The van der Waals surface area contributed by atoms with E-state index in [-0.39, 0.29) is 10.8 Å². The van der Waals surface area contributed by atoms with E-state index in [0.29, 0.717) is 5.56 Å². The van der Waals surface area contributed by atoms with Crippen LogP contribution in [0.5, 0.6) is 5.75 Å². The Hall–Kier alpha value is -0.870. The van der Waals surface area contributed by atoms with Gasteiger partial charge in [0, 0.05) is 11.1 Å². The fourth-order valence-corrected chi connectivity index (χ4v) is 1.53. The maximum atomic E-state index is 13.1. The molecule has 0 spiro atoms. The van der Waals surface area contributed by atoms with Gasteiger partial charge in [-0.3, -0.25) is 0 Å². The average molecular weight is 236 g/mol. The van der Waals surface area contributed by atoms with Crippen LogP contribution in [0, 0.1) is 11.6 Å². The van der Waals surface area contributed by atoms with Crippen molar-refractivity contribution in [2.45, 2.75) is 19.4 Å². The molecule has 0 aromatic heterocycles. The molecule has 0 unspecified atom stereocenters. The third-order valence-corrected chi connectivity index (χ3v) is 2.35. The van der Waals surface area contributed by atoms with Crippen molar-refractivity contribution in [3.8, 4) is 5.75 Å². The van der Waals surface area contributed by atoms with Gasteiger partial charge in [0.1, 0.15) is 10.8 Å². The number of halogens is 3. The first-order valence-corrected chi connectivity index (χ1v) is 4.67. The molecular weight excluding hydrogens is 224 g/mol. The highest BCUT2D eigenvalue weighted by Gasteiger charge is 2.25. The molecule has 2 nitrogen and oxygen atoms in total. The number of nitrogens with two attached hydrogens (primary N) is 1. The van der Waals surface area contributed by atoms with Crippen LogP contribution in [0.25, 0.3) is 0 Å². The lowest BCUT2D eigenvalue weighted by atomic mass is 9.94. The molecule has 2 N–H and O–H groups in total. The summed E-state index contributed by atoms with van der Waals surface area (Å²) >= 11 is 5.61. The van der Waals surface area contributed by atoms with E-state index in [1.807, 2.05) is 0 Å². The predicted molar refractivity (Wildman–Crippen MR) is 55.1 cm³/mol. The van der Waals surface area contributed by atoms with Gasteiger partial charge in [0.05, 0.1) is 7.11 Å². The Labute approximate surface area is 92.0 Å². The van der Waals surface area contributed by atoms with Crippen molar-refractivity contribution in [3.05, 3.63) is 28.3 Å². The second-order valence-corrected chi connectivity index (χ2v) is 4.17. The molecule has 0 aliphatic rings. The number of rotatable bonds is 2. The Morgan fingerprint density at radius 1 is 1.40 bits per heavy atom. The van der Waals surface area contributed by atoms with E-state index in [1.165, 1.54) is 7.11 Å². The summed E-state index contributed by atoms with van der Waals surface area (Å²) in [6.45, 7) is 3.30. The van der Waals surface area contributed by atoms with Crippen molar-refractivity contribution in [3.63, 3.8) is 0 Å². The Bertz CT molecular complexity index is 388. The standard InChI is InChI=1S/C10H12ClF2NO/c1-10(2,14)5-4-6(12)8(13)7(11)9(5)15-3/h4H,14H2,1-3H3. The SMILES string of the molecule is COc1c(C(C)(C)N)cc(F)c(F)c1Cl. The number of hydrogen-bond acceptors (Lipinski definition) is 2. The second kappa shape index (κ2) is 3.94. The summed E-state index contributed by atoms with van der Waals surface area (Å²) < 4.78 is 31.2. The van der Waals surface area contributed by atoms with Crippen LogP contribution in [0.1, 0.15) is 19.4 Å². The van der Waals surface area contributed by atoms with Gasteiger partial charge >= 0.3 is 0 Å². The van der Waals surface area contributed by atoms with Crippen molar-refractivity contribution >= 4 is 11.6 Å². The van der Waals surface area contributed by atoms with Crippen LogP contribution in [-0.2, 0) is 5.54 Å². The average Bonchev–Trinajstić information content (AvgIpc) is 2.12. The van der Waals surface area contributed by atoms with Crippen molar-refractivity contribution in [2.75, 3.05) is 7.11 Å². The molecule has 0 aliphatic carbocycles. The molecule has 0 heterocycles. The molecule has 0 radical (unpaired) electrons. The smallest absolute Gasteiger partial charge is 0.181 e. The molecule has 0 fully saturated rings. The summed E-state index contributed by atoms with van der Waals surface area (Å²) in [7, 11) is 1.33. The van der Waals surface area contributed by atoms with Gasteiger partial charge in [0.2, 0.25) is 0 Å². The van der Waals surface area contributed by atoms with Gasteiger partial charge < -0.3 is 10.5 Å². The summed E-state index contributed by atoms with van der Waals surface area (Å²) in [4.78, 5) is 0. The first-order chi connectivity index (χ1) is 6.79. The van der Waals surface area contributed by atoms with Gasteiger partial charge in [0.25, 0.3) is 0 Å². The quantitative estimate of drug-likeness (QED) is 0.800. The molecule has 0 atom stereocenters. The molecule has 0 amide bonds. The van der Waals surface area contributed by atoms with Gasteiger partial charge in [-0.15, -0.1) is 0 Å². The van der Waals surface area contributed by atoms with Gasteiger partial charge in [-0.1, -0.05) is 11.6 Å². The van der Waals surface area contributed by atoms with Gasteiger partial charge in [-0.2, -0.15) is 0 Å². The first kappa shape index (κ1) is 12.2. The van der Waals surface area contributed by atoms with Crippen molar-refractivity contribution < 1.29 is 13.5 Å². The minimum atomic E-state index is -1.12. The Balaban J connectivity index is 3.53. The third-order valence-electron chi connectivity index (χ3n) is 2.02. The Kier molecular flexibility index (Phi) is 3.21. The fourth-order valence-electron chi connectivity index (χ4n) is 1.26. The fraction of sp³-hybridized carbons (Fsp3) is 0.400. The third kappa shape index (κ3) is 2.21. The zero-order valence-electron chi connectivity index (χ0n) is 8.70. The van der Waals surface area contributed by atoms with Crippen molar-refractivity contribution in [2.24, 2.45) is 5.73 Å². The van der Waals surface area contributed by atoms with Crippen molar-refractivity contribution in [1.29, 1.82) is 0 Å². The summed E-state index contributed by atoms with van der Waals surface area (Å²) in [5, 5.41) is -0.383. The zero-order chi connectivity index (χ0) is 11.8. The van der Waals surface area contributed by atoms with Crippen LogP contribution < -0.4 is 10.5 Å². The number of hydrogen-bond donors (Lipinski definition) is 1. The van der Waals surface area contributed by atoms with E-state index >= 15 is 0 Å². The van der Waals surface area contributed by atoms with E-state index in [4.69, 9.17) is 22.1 Å². The molecule has 0 saturated heterocycles. The largest absolute Gasteiger partial charge is 0.495 e. The maximum absolute atomic E-state index is 13.1. The Morgan fingerprint density at radius 2 is 1.93 bits per heavy atom. The molecule has 0 saturated carbocycles. The van der Waals surface area contributed by atoms with Crippen LogP contribution in [0.3, 0.4) is 0 Å². The van der Waals surface area contributed by atoms with Crippen LogP contribution in [0.15, 0.2) is 6.07 Å². The van der Waals surface area contributed by atoms with E-state index < -0.39 is 17.2 Å². The highest BCUT2D eigenvalue weighted by Crippen LogP contribution is 2.37. The first-order valence-electron chi connectivity index (χ1n) is 4.30. The number of methoxy groups -OCH3 is 1. The minimum Gasteiger partial charge on any atom is -0.495 e. The lowest BCUT2D eigenvalue weighted by Gasteiger charge is -2.23.